The largest absolute Gasteiger partial charge is 0.480 e. The fourth-order valence-corrected chi connectivity index (χ4v) is 2.89. The number of aldehydes is 1. The first-order valence-electron chi connectivity index (χ1n) is 7.19. The Labute approximate surface area is 128 Å². The summed E-state index contributed by atoms with van der Waals surface area (Å²) in [7, 11) is 3.05. The molecule has 1 saturated carbocycles. The van der Waals surface area contributed by atoms with Crippen LogP contribution in [-0.2, 0) is 4.79 Å². The molecule has 2 aliphatic rings. The summed E-state index contributed by atoms with van der Waals surface area (Å²) in [6.07, 6.45) is 4.34. The summed E-state index contributed by atoms with van der Waals surface area (Å²) in [5, 5.41) is 8.54. The molecule has 7 heteroatoms. The second-order valence-corrected chi connectivity index (χ2v) is 5.58. The lowest BCUT2D eigenvalue weighted by molar-refractivity contribution is -0.109. The molecule has 0 N–H and O–H groups in total. The van der Waals surface area contributed by atoms with Crippen molar-refractivity contribution in [2.75, 3.05) is 14.2 Å². The minimum atomic E-state index is 0.156. The number of rotatable bonds is 5. The van der Waals surface area contributed by atoms with Crippen LogP contribution in [0.3, 0.4) is 0 Å². The zero-order valence-electron chi connectivity index (χ0n) is 12.8. The molecule has 2 heterocycles. The molecule has 22 heavy (non-hydrogen) atoms. The van der Waals surface area contributed by atoms with Crippen LogP contribution < -0.4 is 9.47 Å². The Morgan fingerprint density at radius 3 is 2.73 bits per heavy atom. The fourth-order valence-electron chi connectivity index (χ4n) is 2.89. The Kier molecular flexibility index (Phi) is 3.87. The molecule has 0 saturated heterocycles. The molecule has 3 rings (SSSR count). The van der Waals surface area contributed by atoms with E-state index in [-0.39, 0.29) is 17.8 Å². The van der Waals surface area contributed by atoms with Crippen LogP contribution in [0.4, 0.5) is 0 Å². The van der Waals surface area contributed by atoms with E-state index < -0.39 is 0 Å². The molecule has 1 unspecified atom stereocenters. The van der Waals surface area contributed by atoms with E-state index in [1.807, 2.05) is 6.92 Å². The van der Waals surface area contributed by atoms with E-state index in [2.05, 4.69) is 20.2 Å². The van der Waals surface area contributed by atoms with Crippen LogP contribution in [0.2, 0.25) is 0 Å². The van der Waals surface area contributed by atoms with Crippen molar-refractivity contribution in [3.63, 3.8) is 0 Å². The van der Waals surface area contributed by atoms with Gasteiger partial charge >= 0.3 is 6.01 Å². The van der Waals surface area contributed by atoms with Crippen molar-refractivity contribution in [3.05, 3.63) is 11.8 Å². The van der Waals surface area contributed by atoms with E-state index in [1.54, 1.807) is 13.3 Å². The van der Waals surface area contributed by atoms with Crippen molar-refractivity contribution in [1.29, 1.82) is 0 Å². The maximum atomic E-state index is 10.9. The number of hydrogen-bond donors (Lipinski definition) is 0. The van der Waals surface area contributed by atoms with E-state index in [9.17, 15) is 4.79 Å². The molecule has 7 nitrogen and oxygen atoms in total. The molecule has 1 aliphatic carbocycles. The van der Waals surface area contributed by atoms with Crippen molar-refractivity contribution in [1.82, 2.24) is 9.97 Å². The molecule has 1 aliphatic heterocycles. The molecule has 0 spiro atoms. The van der Waals surface area contributed by atoms with Crippen molar-refractivity contribution >= 4 is 17.7 Å². The second kappa shape index (κ2) is 5.82. The van der Waals surface area contributed by atoms with Gasteiger partial charge in [-0.1, -0.05) is 0 Å². The molecule has 0 aromatic carbocycles. The minimum Gasteiger partial charge on any atom is -0.480 e. The van der Waals surface area contributed by atoms with Gasteiger partial charge in [-0.05, 0) is 19.3 Å². The smallest absolute Gasteiger partial charge is 0.319 e. The summed E-state index contributed by atoms with van der Waals surface area (Å²) < 4.78 is 10.3. The van der Waals surface area contributed by atoms with Crippen molar-refractivity contribution in [2.45, 2.75) is 19.8 Å². The molecular formula is C15H18N4O3. The Morgan fingerprint density at radius 1 is 1.27 bits per heavy atom. The zero-order valence-corrected chi connectivity index (χ0v) is 12.8. The maximum absolute atomic E-state index is 10.9. The van der Waals surface area contributed by atoms with Crippen LogP contribution in [-0.4, -0.2) is 41.9 Å². The lowest BCUT2D eigenvalue weighted by Crippen LogP contribution is -2.23. The first-order chi connectivity index (χ1) is 10.7. The van der Waals surface area contributed by atoms with Gasteiger partial charge in [-0.3, -0.25) is 0 Å². The summed E-state index contributed by atoms with van der Waals surface area (Å²) in [4.78, 5) is 19.2. The van der Waals surface area contributed by atoms with E-state index in [4.69, 9.17) is 9.47 Å². The number of aromatic nitrogens is 2. The summed E-state index contributed by atoms with van der Waals surface area (Å²) in [5.74, 6) is 1.19. The molecular weight excluding hydrogens is 284 g/mol. The van der Waals surface area contributed by atoms with Crippen LogP contribution in [0.1, 0.15) is 25.3 Å². The first kappa shape index (κ1) is 14.6. The maximum Gasteiger partial charge on any atom is 0.319 e. The van der Waals surface area contributed by atoms with Gasteiger partial charge in [0.25, 0.3) is 0 Å². The number of carbonyl (C=O) groups excluding carboxylic acids is 1. The number of carbonyl (C=O) groups is 1. The topological polar surface area (TPSA) is 86.0 Å². The summed E-state index contributed by atoms with van der Waals surface area (Å²) in [5.41, 5.74) is 2.48. The molecule has 1 fully saturated rings. The molecule has 3 atom stereocenters. The van der Waals surface area contributed by atoms with Gasteiger partial charge in [-0.2, -0.15) is 15.2 Å². The monoisotopic (exact) mass is 302 g/mol. The lowest BCUT2D eigenvalue weighted by atomic mass is 9.89. The quantitative estimate of drug-likeness (QED) is 0.770. The van der Waals surface area contributed by atoms with Gasteiger partial charge in [0.05, 0.1) is 25.5 Å². The Bertz CT molecular complexity index is 656. The first-order valence-corrected chi connectivity index (χ1v) is 7.19. The Morgan fingerprint density at radius 2 is 2.09 bits per heavy atom. The average Bonchev–Trinajstić information content (AvgIpc) is 3.34. The second-order valence-electron chi connectivity index (χ2n) is 5.58. The third kappa shape index (κ3) is 2.58. The van der Waals surface area contributed by atoms with Crippen molar-refractivity contribution < 1.29 is 14.3 Å². The van der Waals surface area contributed by atoms with Gasteiger partial charge in [0.15, 0.2) is 0 Å². The summed E-state index contributed by atoms with van der Waals surface area (Å²) >= 11 is 0. The van der Waals surface area contributed by atoms with Crippen LogP contribution in [0.15, 0.2) is 16.4 Å². The van der Waals surface area contributed by atoms with E-state index in [0.717, 1.165) is 30.6 Å². The Balaban J connectivity index is 1.88. The average molecular weight is 302 g/mol. The number of nitrogens with zero attached hydrogens (tertiary/aromatic N) is 4. The van der Waals surface area contributed by atoms with Gasteiger partial charge in [-0.15, -0.1) is 0 Å². The predicted molar refractivity (Wildman–Crippen MR) is 80.6 cm³/mol. The van der Waals surface area contributed by atoms with Crippen molar-refractivity contribution in [3.8, 4) is 11.9 Å². The SMILES string of the molecule is COc1ncc(C2=NN=C(C)C([C@H]3C[C@@H]3C=O)C2)c(OC)n1. The predicted octanol–water partition coefficient (Wildman–Crippen LogP) is 1.51. The standard InChI is InChI=1S/C15H18N4O3/c1-8-10(11-4-9(11)7-20)5-13(19-18-8)12-6-16-15(22-3)17-14(12)21-2/h6-7,9-11H,4-5H2,1-3H3/t9-,10?,11+/m1/s1. The normalized spacial score (nSPS) is 26.8. The summed E-state index contributed by atoms with van der Waals surface area (Å²) in [6.45, 7) is 1.97. The number of ether oxygens (including phenoxy) is 2. The van der Waals surface area contributed by atoms with Crippen LogP contribution in [0, 0.1) is 17.8 Å². The van der Waals surface area contributed by atoms with Gasteiger partial charge in [0.2, 0.25) is 5.88 Å². The van der Waals surface area contributed by atoms with Crippen LogP contribution >= 0.6 is 0 Å². The van der Waals surface area contributed by atoms with Crippen molar-refractivity contribution in [2.24, 2.45) is 28.0 Å². The molecule has 116 valence electrons. The minimum absolute atomic E-state index is 0.156. The van der Waals surface area contributed by atoms with Gasteiger partial charge in [-0.25, -0.2) is 4.98 Å². The van der Waals surface area contributed by atoms with Gasteiger partial charge in [0, 0.05) is 30.2 Å². The van der Waals surface area contributed by atoms with Gasteiger partial charge in [0.1, 0.15) is 6.29 Å². The summed E-state index contributed by atoms with van der Waals surface area (Å²) in [6, 6.07) is 0.247. The molecule has 1 aromatic heterocycles. The number of methoxy groups -OCH3 is 2. The highest BCUT2D eigenvalue weighted by Gasteiger charge is 2.45. The fraction of sp³-hybridized carbons (Fsp3) is 0.533. The highest BCUT2D eigenvalue weighted by Crippen LogP contribution is 2.46. The molecule has 1 aromatic rings. The highest BCUT2D eigenvalue weighted by molar-refractivity contribution is 6.06. The van der Waals surface area contributed by atoms with E-state index in [0.29, 0.717) is 17.4 Å². The van der Waals surface area contributed by atoms with E-state index in [1.165, 1.54) is 7.11 Å². The Hall–Kier alpha value is -2.31. The van der Waals surface area contributed by atoms with Crippen LogP contribution in [0.25, 0.3) is 0 Å². The third-order valence-electron chi connectivity index (χ3n) is 4.28. The molecule has 0 amide bonds. The third-order valence-corrected chi connectivity index (χ3v) is 4.28. The van der Waals surface area contributed by atoms with E-state index >= 15 is 0 Å². The molecule has 0 radical (unpaired) electrons. The number of hydrogen-bond acceptors (Lipinski definition) is 7. The van der Waals surface area contributed by atoms with Crippen LogP contribution in [0.5, 0.6) is 11.9 Å². The van der Waals surface area contributed by atoms with Gasteiger partial charge < -0.3 is 14.3 Å². The highest BCUT2D eigenvalue weighted by atomic mass is 16.5. The molecule has 0 bridgehead atoms. The zero-order chi connectivity index (χ0) is 15.7. The lowest BCUT2D eigenvalue weighted by Gasteiger charge is -2.21.